The van der Waals surface area contributed by atoms with Gasteiger partial charge in [-0.15, -0.1) is 0 Å². The van der Waals surface area contributed by atoms with E-state index in [1.807, 2.05) is 0 Å². The molecule has 1 N–H and O–H groups in total. The first-order chi connectivity index (χ1) is 16.0. The third-order valence-corrected chi connectivity index (χ3v) is 8.34. The van der Waals surface area contributed by atoms with E-state index in [0.717, 1.165) is 15.4 Å². The minimum Gasteiger partial charge on any atom is -0.361 e. The molecule has 0 aliphatic carbocycles. The van der Waals surface area contributed by atoms with Gasteiger partial charge in [-0.3, -0.25) is 9.59 Å². The SMILES string of the molecule is C[Si](C)(C)CCOCN1C(=O)NC(CN2Cc3ccc(F)cc3C2=O)(c2ccc(Br)cc2)C1=O. The number of urea groups is 1. The maximum Gasteiger partial charge on any atom is 0.327 e. The van der Waals surface area contributed by atoms with Gasteiger partial charge in [-0.2, -0.15) is 0 Å². The normalized spacial score (nSPS) is 20.2. The van der Waals surface area contributed by atoms with Crippen LogP contribution >= 0.6 is 15.9 Å². The van der Waals surface area contributed by atoms with Crippen molar-refractivity contribution >= 4 is 41.8 Å². The highest BCUT2D eigenvalue weighted by molar-refractivity contribution is 9.10. The van der Waals surface area contributed by atoms with Crippen LogP contribution in [0.1, 0.15) is 21.5 Å². The summed E-state index contributed by atoms with van der Waals surface area (Å²) in [6.45, 7) is 7.11. The molecule has 34 heavy (non-hydrogen) atoms. The van der Waals surface area contributed by atoms with Gasteiger partial charge in [0.15, 0.2) is 5.54 Å². The van der Waals surface area contributed by atoms with Crippen LogP contribution < -0.4 is 5.32 Å². The lowest BCUT2D eigenvalue weighted by molar-refractivity contribution is -0.135. The second-order valence-electron chi connectivity index (χ2n) is 9.89. The molecule has 0 spiro atoms. The monoisotopic (exact) mass is 547 g/mol. The molecule has 4 amide bonds. The molecule has 2 aromatic rings. The lowest BCUT2D eigenvalue weighted by atomic mass is 9.89. The van der Waals surface area contributed by atoms with Crippen LogP contribution in [0.3, 0.4) is 0 Å². The molecule has 1 saturated heterocycles. The van der Waals surface area contributed by atoms with Gasteiger partial charge in [0.1, 0.15) is 12.5 Å². The highest BCUT2D eigenvalue weighted by Gasteiger charge is 2.54. The number of nitrogens with one attached hydrogen (secondary N) is 1. The van der Waals surface area contributed by atoms with Gasteiger partial charge in [0.2, 0.25) is 0 Å². The van der Waals surface area contributed by atoms with Crippen LogP contribution in [0, 0.1) is 5.82 Å². The number of nitrogens with zero attached hydrogens (tertiary/aromatic N) is 2. The van der Waals surface area contributed by atoms with Gasteiger partial charge < -0.3 is 15.0 Å². The van der Waals surface area contributed by atoms with E-state index in [2.05, 4.69) is 40.9 Å². The van der Waals surface area contributed by atoms with Crippen LogP contribution in [-0.2, 0) is 21.6 Å². The molecule has 1 atom stereocenters. The lowest BCUT2D eigenvalue weighted by Crippen LogP contribution is -2.53. The van der Waals surface area contributed by atoms with E-state index >= 15 is 0 Å². The fourth-order valence-electron chi connectivity index (χ4n) is 4.15. The molecule has 180 valence electrons. The Morgan fingerprint density at radius 3 is 2.50 bits per heavy atom. The third-order valence-electron chi connectivity index (χ3n) is 6.11. The van der Waals surface area contributed by atoms with E-state index < -0.39 is 31.4 Å². The third kappa shape index (κ3) is 4.80. The molecule has 10 heteroatoms. The highest BCUT2D eigenvalue weighted by Crippen LogP contribution is 2.34. The summed E-state index contributed by atoms with van der Waals surface area (Å²) in [6, 6.07) is 11.5. The van der Waals surface area contributed by atoms with Crippen LogP contribution in [0.2, 0.25) is 25.7 Å². The average molecular weight is 548 g/mol. The predicted molar refractivity (Wildman–Crippen MR) is 131 cm³/mol. The number of imide groups is 1. The second kappa shape index (κ2) is 9.24. The second-order valence-corrected chi connectivity index (χ2v) is 16.4. The molecule has 2 aliphatic heterocycles. The number of carbonyl (C=O) groups excluding carboxylic acids is 3. The van der Waals surface area contributed by atoms with Gasteiger partial charge in [-0.25, -0.2) is 14.1 Å². The van der Waals surface area contributed by atoms with Gasteiger partial charge in [0.05, 0.1) is 6.54 Å². The van der Waals surface area contributed by atoms with Crippen molar-refractivity contribution < 1.29 is 23.5 Å². The highest BCUT2D eigenvalue weighted by atomic mass is 79.9. The van der Waals surface area contributed by atoms with E-state index in [0.29, 0.717) is 17.7 Å². The molecule has 2 aliphatic rings. The first kappa shape index (κ1) is 24.6. The molecule has 0 radical (unpaired) electrons. The zero-order chi connectivity index (χ0) is 24.7. The minimum atomic E-state index is -1.48. The number of hydrogen-bond acceptors (Lipinski definition) is 4. The maximum absolute atomic E-state index is 13.7. The van der Waals surface area contributed by atoms with E-state index in [1.54, 1.807) is 30.3 Å². The summed E-state index contributed by atoms with van der Waals surface area (Å²) < 4.78 is 20.2. The van der Waals surface area contributed by atoms with Crippen LogP contribution in [0.15, 0.2) is 46.9 Å². The Kier molecular flexibility index (Phi) is 6.67. The Hall–Kier alpha value is -2.56. The van der Waals surface area contributed by atoms with E-state index in [9.17, 15) is 18.8 Å². The van der Waals surface area contributed by atoms with Crippen molar-refractivity contribution in [2.45, 2.75) is 37.8 Å². The number of amides is 4. The average Bonchev–Trinajstić information content (AvgIpc) is 3.19. The van der Waals surface area contributed by atoms with Crippen molar-refractivity contribution in [3.63, 3.8) is 0 Å². The molecule has 0 bridgehead atoms. The fraction of sp³-hybridized carbons (Fsp3) is 0.375. The standard InChI is InChI=1S/C24H27BrFN3O4Si/c1-34(2,3)11-10-33-15-29-22(31)24(27-23(29)32,17-5-7-18(25)8-6-17)14-28-13-16-4-9-19(26)12-20(16)21(28)30/h4-9,12H,10-11,13-15H2,1-3H3,(H,27,32). The van der Waals surface area contributed by atoms with Crippen LogP contribution in [-0.4, -0.2) is 55.6 Å². The van der Waals surface area contributed by atoms with Crippen LogP contribution in [0.5, 0.6) is 0 Å². The molecule has 2 heterocycles. The topological polar surface area (TPSA) is 79.0 Å². The summed E-state index contributed by atoms with van der Waals surface area (Å²) in [7, 11) is -1.33. The largest absolute Gasteiger partial charge is 0.361 e. The number of benzene rings is 2. The maximum atomic E-state index is 13.7. The number of rotatable bonds is 8. The number of halogens is 2. The molecule has 1 fully saturated rings. The number of ether oxygens (including phenoxy) is 1. The molecule has 1 unspecified atom stereocenters. The zero-order valence-electron chi connectivity index (χ0n) is 19.4. The van der Waals surface area contributed by atoms with E-state index in [4.69, 9.17) is 4.74 Å². The van der Waals surface area contributed by atoms with Gasteiger partial charge in [0.25, 0.3) is 11.8 Å². The fourth-order valence-corrected chi connectivity index (χ4v) is 5.17. The summed E-state index contributed by atoms with van der Waals surface area (Å²) in [5.41, 5.74) is 0.0272. The summed E-state index contributed by atoms with van der Waals surface area (Å²) >= 11 is 3.39. The molecular formula is C24H27BrFN3O4Si. The van der Waals surface area contributed by atoms with Gasteiger partial charge in [-0.1, -0.05) is 53.8 Å². The quantitative estimate of drug-likeness (QED) is 0.303. The van der Waals surface area contributed by atoms with Crippen molar-refractivity contribution in [3.8, 4) is 0 Å². The van der Waals surface area contributed by atoms with Gasteiger partial charge in [-0.05, 0) is 41.4 Å². The molecular weight excluding hydrogens is 521 g/mol. The minimum absolute atomic E-state index is 0.0836. The number of carbonyl (C=O) groups is 3. The Morgan fingerprint density at radius 2 is 1.82 bits per heavy atom. The summed E-state index contributed by atoms with van der Waals surface area (Å²) in [5.74, 6) is -1.36. The zero-order valence-corrected chi connectivity index (χ0v) is 21.9. The first-order valence-corrected chi connectivity index (χ1v) is 15.6. The molecule has 7 nitrogen and oxygen atoms in total. The smallest absolute Gasteiger partial charge is 0.327 e. The van der Waals surface area contributed by atoms with Gasteiger partial charge in [0, 0.05) is 31.3 Å². The van der Waals surface area contributed by atoms with Crippen LogP contribution in [0.25, 0.3) is 0 Å². The predicted octanol–water partition coefficient (Wildman–Crippen LogP) is 4.30. The Morgan fingerprint density at radius 1 is 1.12 bits per heavy atom. The summed E-state index contributed by atoms with van der Waals surface area (Å²) in [5, 5.41) is 2.83. The summed E-state index contributed by atoms with van der Waals surface area (Å²) in [6.07, 6.45) is 0. The van der Waals surface area contributed by atoms with E-state index in [-0.39, 0.29) is 31.3 Å². The number of fused-ring (bicyclic) bond motifs is 1. The lowest BCUT2D eigenvalue weighted by Gasteiger charge is -2.32. The van der Waals surface area contributed by atoms with E-state index in [1.165, 1.54) is 17.0 Å². The van der Waals surface area contributed by atoms with Crippen molar-refractivity contribution in [2.24, 2.45) is 0 Å². The van der Waals surface area contributed by atoms with Crippen LogP contribution in [0.4, 0.5) is 9.18 Å². The molecule has 2 aromatic carbocycles. The molecule has 0 aromatic heterocycles. The summed E-state index contributed by atoms with van der Waals surface area (Å²) in [4.78, 5) is 42.2. The van der Waals surface area contributed by atoms with Gasteiger partial charge >= 0.3 is 6.03 Å². The first-order valence-electron chi connectivity index (χ1n) is 11.1. The van der Waals surface area contributed by atoms with Crippen molar-refractivity contribution in [1.82, 2.24) is 15.1 Å². The Balaban J connectivity index is 1.60. The Labute approximate surface area is 207 Å². The van der Waals surface area contributed by atoms with Crippen molar-refractivity contribution in [1.29, 1.82) is 0 Å². The molecule has 0 saturated carbocycles. The number of hydrogen-bond donors (Lipinski definition) is 1. The van der Waals surface area contributed by atoms with Crippen molar-refractivity contribution in [2.75, 3.05) is 19.9 Å². The van der Waals surface area contributed by atoms with Crippen molar-refractivity contribution in [3.05, 3.63) is 69.4 Å². The molecule has 4 rings (SSSR count). The Bertz CT molecular complexity index is 1140.